The number of aromatic nitrogens is 2. The summed E-state index contributed by atoms with van der Waals surface area (Å²) in [5.41, 5.74) is 1.51. The predicted molar refractivity (Wildman–Crippen MR) is 80.9 cm³/mol. The van der Waals surface area contributed by atoms with Gasteiger partial charge in [-0.3, -0.25) is 4.79 Å². The van der Waals surface area contributed by atoms with E-state index in [0.29, 0.717) is 11.4 Å². The fraction of sp³-hybridized carbons (Fsp3) is 0.733. The van der Waals surface area contributed by atoms with Gasteiger partial charge < -0.3 is 15.4 Å². The van der Waals surface area contributed by atoms with E-state index < -0.39 is 0 Å². The molecule has 114 valence electrons. The summed E-state index contributed by atoms with van der Waals surface area (Å²) in [5.74, 6) is 0.645. The second-order valence-electron chi connectivity index (χ2n) is 6.24. The zero-order valence-electron chi connectivity index (χ0n) is 13.2. The van der Waals surface area contributed by atoms with Crippen molar-refractivity contribution < 1.29 is 5.11 Å². The molecule has 1 aromatic heterocycles. The van der Waals surface area contributed by atoms with E-state index in [0.717, 1.165) is 25.1 Å². The summed E-state index contributed by atoms with van der Waals surface area (Å²) in [7, 11) is 0. The molecule has 0 bridgehead atoms. The van der Waals surface area contributed by atoms with Gasteiger partial charge in [-0.05, 0) is 39.0 Å². The zero-order chi connectivity index (χ0) is 15.3. The molecule has 1 atom stereocenters. The largest absolute Gasteiger partial charge is 0.396 e. The predicted octanol–water partition coefficient (Wildman–Crippen LogP) is 1.84. The minimum Gasteiger partial charge on any atom is -0.396 e. The van der Waals surface area contributed by atoms with E-state index in [4.69, 9.17) is 5.11 Å². The van der Waals surface area contributed by atoms with Gasteiger partial charge in [0.05, 0.1) is 5.56 Å². The molecule has 0 saturated carbocycles. The molecule has 0 saturated heterocycles. The number of hydrogen-bond donors (Lipinski definition) is 3. The summed E-state index contributed by atoms with van der Waals surface area (Å²) in [6.07, 6.45) is 1.75. The molecular weight excluding hydrogens is 254 g/mol. The Morgan fingerprint density at radius 1 is 1.40 bits per heavy atom. The highest BCUT2D eigenvalue weighted by molar-refractivity contribution is 5.20. The van der Waals surface area contributed by atoms with Gasteiger partial charge in [-0.2, -0.15) is 0 Å². The van der Waals surface area contributed by atoms with Gasteiger partial charge in [0.25, 0.3) is 5.56 Å². The topological polar surface area (TPSA) is 78.0 Å². The highest BCUT2D eigenvalue weighted by atomic mass is 16.2. The normalized spacial score (nSPS) is 13.5. The summed E-state index contributed by atoms with van der Waals surface area (Å²) < 4.78 is 0. The first-order valence-corrected chi connectivity index (χ1v) is 7.18. The van der Waals surface area contributed by atoms with E-state index in [1.165, 1.54) is 0 Å². The third-order valence-corrected chi connectivity index (χ3v) is 3.60. The number of nitrogens with zero attached hydrogens (tertiary/aromatic N) is 1. The Bertz CT molecular complexity index is 494. The van der Waals surface area contributed by atoms with Crippen LogP contribution in [0.15, 0.2) is 4.79 Å². The molecule has 1 rings (SSSR count). The summed E-state index contributed by atoms with van der Waals surface area (Å²) in [4.78, 5) is 19.1. The van der Waals surface area contributed by atoms with Gasteiger partial charge in [-0.25, -0.2) is 4.98 Å². The fourth-order valence-corrected chi connectivity index (χ4v) is 2.42. The lowest BCUT2D eigenvalue weighted by Gasteiger charge is -2.27. The van der Waals surface area contributed by atoms with Gasteiger partial charge in [0.15, 0.2) is 0 Å². The molecule has 0 fully saturated rings. The third kappa shape index (κ3) is 4.72. The number of rotatable bonds is 7. The van der Waals surface area contributed by atoms with E-state index in [9.17, 15) is 4.79 Å². The van der Waals surface area contributed by atoms with Gasteiger partial charge in [0.1, 0.15) is 5.82 Å². The molecule has 20 heavy (non-hydrogen) atoms. The van der Waals surface area contributed by atoms with Crippen LogP contribution in [0.4, 0.5) is 0 Å². The standard InChI is InChI=1S/C15H27N3O2/c1-10(16-9-15(4,5)7-6-8-19)13-11(2)17-12(3)18-14(13)20/h10,16,19H,6-9H2,1-5H3,(H,17,18,20). The van der Waals surface area contributed by atoms with Crippen LogP contribution in [-0.4, -0.2) is 28.2 Å². The van der Waals surface area contributed by atoms with Crippen molar-refractivity contribution in [1.29, 1.82) is 0 Å². The zero-order valence-corrected chi connectivity index (χ0v) is 13.2. The van der Waals surface area contributed by atoms with Crippen molar-refractivity contribution in [2.75, 3.05) is 13.2 Å². The van der Waals surface area contributed by atoms with E-state index in [2.05, 4.69) is 29.1 Å². The van der Waals surface area contributed by atoms with E-state index in [-0.39, 0.29) is 23.6 Å². The van der Waals surface area contributed by atoms with Crippen molar-refractivity contribution >= 4 is 0 Å². The highest BCUT2D eigenvalue weighted by Crippen LogP contribution is 2.22. The van der Waals surface area contributed by atoms with Gasteiger partial charge >= 0.3 is 0 Å². The lowest BCUT2D eigenvalue weighted by molar-refractivity contribution is 0.233. The molecule has 0 aliphatic heterocycles. The van der Waals surface area contributed by atoms with Crippen molar-refractivity contribution in [2.24, 2.45) is 5.41 Å². The van der Waals surface area contributed by atoms with Crippen LogP contribution in [-0.2, 0) is 0 Å². The fourth-order valence-electron chi connectivity index (χ4n) is 2.42. The summed E-state index contributed by atoms with van der Waals surface area (Å²) in [6, 6.07) is -0.0414. The number of aromatic amines is 1. The summed E-state index contributed by atoms with van der Waals surface area (Å²) in [6.45, 7) is 11.0. The first-order valence-electron chi connectivity index (χ1n) is 7.18. The van der Waals surface area contributed by atoms with Gasteiger partial charge in [-0.1, -0.05) is 13.8 Å². The first kappa shape index (κ1) is 16.9. The Hall–Kier alpha value is -1.20. The van der Waals surface area contributed by atoms with Crippen molar-refractivity contribution in [2.45, 2.75) is 53.5 Å². The molecule has 5 heteroatoms. The lowest BCUT2D eigenvalue weighted by Crippen LogP contribution is -2.34. The van der Waals surface area contributed by atoms with Crippen LogP contribution in [0.3, 0.4) is 0 Å². The average molecular weight is 281 g/mol. The number of H-pyrrole nitrogens is 1. The van der Waals surface area contributed by atoms with E-state index in [1.54, 1.807) is 6.92 Å². The van der Waals surface area contributed by atoms with E-state index >= 15 is 0 Å². The summed E-state index contributed by atoms with van der Waals surface area (Å²) in [5, 5.41) is 12.3. The number of aliphatic hydroxyl groups is 1. The molecule has 0 aliphatic rings. The lowest BCUT2D eigenvalue weighted by atomic mass is 9.87. The van der Waals surface area contributed by atoms with Crippen LogP contribution >= 0.6 is 0 Å². The maximum absolute atomic E-state index is 12.0. The molecule has 1 heterocycles. The number of nitrogens with one attached hydrogen (secondary N) is 2. The molecule has 0 spiro atoms. The summed E-state index contributed by atoms with van der Waals surface area (Å²) >= 11 is 0. The number of aliphatic hydroxyl groups excluding tert-OH is 1. The first-order chi connectivity index (χ1) is 9.26. The molecular formula is C15H27N3O2. The molecule has 0 aromatic carbocycles. The van der Waals surface area contributed by atoms with Gasteiger partial charge in [0.2, 0.25) is 0 Å². The van der Waals surface area contributed by atoms with Crippen LogP contribution in [0.5, 0.6) is 0 Å². The molecule has 0 radical (unpaired) electrons. The molecule has 1 aromatic rings. The SMILES string of the molecule is Cc1nc(C)c(C(C)NCC(C)(C)CCCO)c(=O)[nH]1. The van der Waals surface area contributed by atoms with Crippen molar-refractivity contribution in [1.82, 2.24) is 15.3 Å². The molecule has 3 N–H and O–H groups in total. The van der Waals surface area contributed by atoms with Crippen LogP contribution in [0, 0.1) is 19.3 Å². The quantitative estimate of drug-likeness (QED) is 0.712. The Morgan fingerprint density at radius 3 is 2.60 bits per heavy atom. The van der Waals surface area contributed by atoms with Crippen molar-refractivity contribution in [3.8, 4) is 0 Å². The maximum atomic E-state index is 12.0. The van der Waals surface area contributed by atoms with Crippen LogP contribution in [0.1, 0.15) is 56.7 Å². The van der Waals surface area contributed by atoms with Gasteiger partial charge in [-0.15, -0.1) is 0 Å². The Balaban J connectivity index is 2.73. The molecule has 0 amide bonds. The van der Waals surface area contributed by atoms with E-state index in [1.807, 2.05) is 13.8 Å². The number of aryl methyl sites for hydroxylation is 2. The minimum atomic E-state index is -0.0665. The highest BCUT2D eigenvalue weighted by Gasteiger charge is 2.20. The average Bonchev–Trinajstić information content (AvgIpc) is 2.33. The Morgan fingerprint density at radius 2 is 2.05 bits per heavy atom. The van der Waals surface area contributed by atoms with Gasteiger partial charge in [0, 0.05) is 24.9 Å². The van der Waals surface area contributed by atoms with Crippen LogP contribution in [0.25, 0.3) is 0 Å². The van der Waals surface area contributed by atoms with Crippen molar-refractivity contribution in [3.63, 3.8) is 0 Å². The Labute approximate surface area is 120 Å². The molecule has 5 nitrogen and oxygen atoms in total. The minimum absolute atomic E-state index is 0.0414. The second kappa shape index (κ2) is 6.99. The smallest absolute Gasteiger partial charge is 0.255 e. The Kier molecular flexibility index (Phi) is 5.89. The maximum Gasteiger partial charge on any atom is 0.255 e. The monoisotopic (exact) mass is 281 g/mol. The third-order valence-electron chi connectivity index (χ3n) is 3.60. The van der Waals surface area contributed by atoms with Crippen molar-refractivity contribution in [3.05, 3.63) is 27.4 Å². The molecule has 0 aliphatic carbocycles. The second-order valence-corrected chi connectivity index (χ2v) is 6.24. The molecule has 1 unspecified atom stereocenters. The van der Waals surface area contributed by atoms with Crippen LogP contribution in [0.2, 0.25) is 0 Å². The van der Waals surface area contributed by atoms with Crippen LogP contribution < -0.4 is 10.9 Å². The number of hydrogen-bond acceptors (Lipinski definition) is 4.